The number of rotatable bonds is 7. The monoisotopic (exact) mass is 266 g/mol. The van der Waals surface area contributed by atoms with Gasteiger partial charge in [-0.25, -0.2) is 0 Å². The lowest BCUT2D eigenvalue weighted by molar-refractivity contribution is -0.152. The van der Waals surface area contributed by atoms with E-state index >= 15 is 0 Å². The van der Waals surface area contributed by atoms with Crippen LogP contribution in [0.15, 0.2) is 0 Å². The van der Waals surface area contributed by atoms with Gasteiger partial charge in [-0.2, -0.15) is 0 Å². The predicted octanol–water partition coefficient (Wildman–Crippen LogP) is 2.29. The lowest BCUT2D eigenvalue weighted by Gasteiger charge is -2.16. The fourth-order valence-electron chi connectivity index (χ4n) is 2.89. The maximum absolute atomic E-state index is 12.3. The van der Waals surface area contributed by atoms with Gasteiger partial charge < -0.3 is 4.74 Å². The first-order valence-corrected chi connectivity index (χ1v) is 7.25. The van der Waals surface area contributed by atoms with Crippen molar-refractivity contribution in [3.63, 3.8) is 0 Å². The van der Waals surface area contributed by atoms with Crippen molar-refractivity contribution in [3.8, 4) is 0 Å². The summed E-state index contributed by atoms with van der Waals surface area (Å²) in [5.74, 6) is -0.997. The van der Waals surface area contributed by atoms with Crippen LogP contribution in [-0.2, 0) is 19.1 Å². The van der Waals surface area contributed by atoms with E-state index in [1.165, 1.54) is 7.11 Å². The molecule has 2 aliphatic rings. The van der Waals surface area contributed by atoms with Crippen LogP contribution in [0.25, 0.3) is 0 Å². The molecule has 0 N–H and O–H groups in total. The molecule has 2 fully saturated rings. The van der Waals surface area contributed by atoms with E-state index in [4.69, 9.17) is 4.74 Å². The largest absolute Gasteiger partial charge is 0.468 e. The zero-order chi connectivity index (χ0) is 13.8. The summed E-state index contributed by atoms with van der Waals surface area (Å²) in [6, 6.07) is 0. The van der Waals surface area contributed by atoms with Crippen molar-refractivity contribution in [3.05, 3.63) is 0 Å². The van der Waals surface area contributed by atoms with E-state index in [0.29, 0.717) is 12.3 Å². The van der Waals surface area contributed by atoms with Gasteiger partial charge in [0.25, 0.3) is 0 Å². The van der Waals surface area contributed by atoms with E-state index in [2.05, 4.69) is 0 Å². The van der Waals surface area contributed by atoms with Crippen LogP contribution >= 0.6 is 0 Å². The summed E-state index contributed by atoms with van der Waals surface area (Å²) in [7, 11) is 1.28. The topological polar surface area (TPSA) is 60.4 Å². The predicted molar refractivity (Wildman–Crippen MR) is 69.4 cm³/mol. The summed E-state index contributed by atoms with van der Waals surface area (Å²) in [6.07, 6.45) is 6.55. The minimum Gasteiger partial charge on any atom is -0.468 e. The minimum absolute atomic E-state index is 0.0317. The van der Waals surface area contributed by atoms with Crippen molar-refractivity contribution in [2.45, 2.75) is 51.4 Å². The maximum atomic E-state index is 12.3. The fraction of sp³-hybridized carbons (Fsp3) is 0.800. The van der Waals surface area contributed by atoms with E-state index < -0.39 is 11.9 Å². The zero-order valence-corrected chi connectivity index (χ0v) is 11.5. The van der Waals surface area contributed by atoms with Crippen LogP contribution in [0, 0.1) is 17.8 Å². The van der Waals surface area contributed by atoms with E-state index in [1.54, 1.807) is 0 Å². The summed E-state index contributed by atoms with van der Waals surface area (Å²) in [5, 5.41) is 0. The molecule has 19 heavy (non-hydrogen) atoms. The Morgan fingerprint density at radius 3 is 2.26 bits per heavy atom. The third-order valence-corrected chi connectivity index (χ3v) is 4.23. The second-order valence-corrected chi connectivity index (χ2v) is 5.85. The van der Waals surface area contributed by atoms with E-state index in [-0.39, 0.29) is 23.9 Å². The normalized spacial score (nSPS) is 21.1. The Hall–Kier alpha value is -1.19. The molecule has 0 bridgehead atoms. The number of methoxy groups -OCH3 is 1. The van der Waals surface area contributed by atoms with Crippen molar-refractivity contribution < 1.29 is 19.1 Å². The standard InChI is InChI=1S/C15H22O4/c1-19-15(18)13(9-12(16)8-10-6-7-10)14(17)11-4-2-3-5-11/h10-11,13H,2-9H2,1H3. The van der Waals surface area contributed by atoms with Crippen molar-refractivity contribution in [2.75, 3.05) is 7.11 Å². The maximum Gasteiger partial charge on any atom is 0.316 e. The highest BCUT2D eigenvalue weighted by Gasteiger charge is 2.36. The lowest BCUT2D eigenvalue weighted by atomic mass is 9.87. The van der Waals surface area contributed by atoms with Gasteiger partial charge in [0.05, 0.1) is 7.11 Å². The molecule has 0 aliphatic heterocycles. The molecular weight excluding hydrogens is 244 g/mol. The van der Waals surface area contributed by atoms with Crippen LogP contribution in [-0.4, -0.2) is 24.6 Å². The van der Waals surface area contributed by atoms with Crippen LogP contribution in [0.5, 0.6) is 0 Å². The second-order valence-electron chi connectivity index (χ2n) is 5.85. The smallest absolute Gasteiger partial charge is 0.316 e. The molecule has 106 valence electrons. The fourth-order valence-corrected chi connectivity index (χ4v) is 2.89. The van der Waals surface area contributed by atoms with Gasteiger partial charge in [0.15, 0.2) is 5.78 Å². The second kappa shape index (κ2) is 6.31. The summed E-state index contributed by atoms with van der Waals surface area (Å²) < 4.78 is 4.70. The Morgan fingerprint density at radius 1 is 1.11 bits per heavy atom. The summed E-state index contributed by atoms with van der Waals surface area (Å²) in [5.41, 5.74) is 0. The Balaban J connectivity index is 1.95. The molecule has 0 aromatic rings. The Labute approximate surface area is 113 Å². The first kappa shape index (κ1) is 14.2. The molecule has 2 aliphatic carbocycles. The molecule has 0 spiro atoms. The average Bonchev–Trinajstić information content (AvgIpc) is 3.04. The highest BCUT2D eigenvalue weighted by Crippen LogP contribution is 2.34. The zero-order valence-electron chi connectivity index (χ0n) is 11.5. The number of esters is 1. The van der Waals surface area contributed by atoms with Gasteiger partial charge in [-0.3, -0.25) is 14.4 Å². The molecule has 4 heteroatoms. The van der Waals surface area contributed by atoms with Crippen molar-refractivity contribution in [1.82, 2.24) is 0 Å². The molecular formula is C15H22O4. The number of carbonyl (C=O) groups is 3. The molecule has 0 heterocycles. The molecule has 0 saturated heterocycles. The first-order valence-electron chi connectivity index (χ1n) is 7.25. The number of Topliss-reactive ketones (excluding diaryl/α,β-unsaturated/α-hetero) is 2. The van der Waals surface area contributed by atoms with E-state index in [1.807, 2.05) is 0 Å². The number of hydrogen-bond donors (Lipinski definition) is 0. The molecule has 0 aromatic heterocycles. The van der Waals surface area contributed by atoms with Gasteiger partial charge >= 0.3 is 5.97 Å². The molecule has 1 unspecified atom stereocenters. The number of ether oxygens (including phenoxy) is 1. The summed E-state index contributed by atoms with van der Waals surface area (Å²) in [4.78, 5) is 36.0. The lowest BCUT2D eigenvalue weighted by Crippen LogP contribution is -2.32. The van der Waals surface area contributed by atoms with Crippen LogP contribution in [0.1, 0.15) is 51.4 Å². The quantitative estimate of drug-likeness (QED) is 0.524. The van der Waals surface area contributed by atoms with Gasteiger partial charge in [-0.1, -0.05) is 12.8 Å². The molecule has 0 radical (unpaired) electrons. The van der Waals surface area contributed by atoms with Gasteiger partial charge in [0, 0.05) is 18.8 Å². The molecule has 0 aromatic carbocycles. The highest BCUT2D eigenvalue weighted by atomic mass is 16.5. The molecule has 2 saturated carbocycles. The van der Waals surface area contributed by atoms with Crippen molar-refractivity contribution >= 4 is 17.5 Å². The van der Waals surface area contributed by atoms with Gasteiger partial charge in [-0.15, -0.1) is 0 Å². The number of ketones is 2. The Kier molecular flexibility index (Phi) is 4.72. The van der Waals surface area contributed by atoms with Crippen LogP contribution < -0.4 is 0 Å². The Bertz CT molecular complexity index is 364. The van der Waals surface area contributed by atoms with E-state index in [0.717, 1.165) is 38.5 Å². The Morgan fingerprint density at radius 2 is 1.74 bits per heavy atom. The average molecular weight is 266 g/mol. The number of hydrogen-bond acceptors (Lipinski definition) is 4. The van der Waals surface area contributed by atoms with Crippen LogP contribution in [0.3, 0.4) is 0 Å². The molecule has 0 amide bonds. The minimum atomic E-state index is -0.862. The molecule has 2 rings (SSSR count). The summed E-state index contributed by atoms with van der Waals surface area (Å²) in [6.45, 7) is 0. The van der Waals surface area contributed by atoms with Gasteiger partial charge in [0.2, 0.25) is 0 Å². The highest BCUT2D eigenvalue weighted by molar-refractivity contribution is 6.03. The summed E-state index contributed by atoms with van der Waals surface area (Å²) >= 11 is 0. The molecule has 4 nitrogen and oxygen atoms in total. The SMILES string of the molecule is COC(=O)C(CC(=O)CC1CC1)C(=O)C1CCCC1. The number of carbonyl (C=O) groups excluding carboxylic acids is 3. The third kappa shape index (κ3) is 3.88. The molecule has 1 atom stereocenters. The van der Waals surface area contributed by atoms with Gasteiger partial charge in [0.1, 0.15) is 11.7 Å². The van der Waals surface area contributed by atoms with Crippen LogP contribution in [0.4, 0.5) is 0 Å². The van der Waals surface area contributed by atoms with Crippen molar-refractivity contribution in [1.29, 1.82) is 0 Å². The van der Waals surface area contributed by atoms with Gasteiger partial charge in [-0.05, 0) is 31.6 Å². The van der Waals surface area contributed by atoms with Crippen LogP contribution in [0.2, 0.25) is 0 Å². The third-order valence-electron chi connectivity index (χ3n) is 4.23. The van der Waals surface area contributed by atoms with E-state index in [9.17, 15) is 14.4 Å². The first-order chi connectivity index (χ1) is 9.11. The van der Waals surface area contributed by atoms with Crippen molar-refractivity contribution in [2.24, 2.45) is 17.8 Å².